The van der Waals surface area contributed by atoms with Gasteiger partial charge in [0.25, 0.3) is 0 Å². The highest BCUT2D eigenvalue weighted by molar-refractivity contribution is 7.10. The molecule has 3 N–H and O–H groups in total. The zero-order valence-electron chi connectivity index (χ0n) is 6.32. The summed E-state index contributed by atoms with van der Waals surface area (Å²) in [5, 5.41) is 10.5. The molecule has 0 aliphatic rings. The number of hydrogen-bond acceptors (Lipinski definition) is 4. The monoisotopic (exact) mass is 187 g/mol. The molecule has 0 saturated carbocycles. The number of carbonyl (C=O) groups excluding carboxylic acids is 1. The Bertz CT molecular complexity index is 271. The van der Waals surface area contributed by atoms with Gasteiger partial charge in [0.05, 0.1) is 6.61 Å². The highest BCUT2D eigenvalue weighted by atomic mass is 32.1. The number of thiophene rings is 1. The highest BCUT2D eigenvalue weighted by Crippen LogP contribution is 2.14. The summed E-state index contributed by atoms with van der Waals surface area (Å²) in [6, 6.07) is 1.77. The van der Waals surface area contributed by atoms with Crippen LogP contribution in [0.3, 0.4) is 0 Å². The molecule has 1 amide bonds. The molecule has 0 saturated heterocycles. The number of carbonyl (C=O) groups is 1. The molecule has 0 unspecified atom stereocenters. The van der Waals surface area contributed by atoms with Gasteiger partial charge in [-0.1, -0.05) is 0 Å². The van der Waals surface area contributed by atoms with Gasteiger partial charge in [-0.2, -0.15) is 0 Å². The molecule has 0 aliphatic carbocycles. The van der Waals surface area contributed by atoms with E-state index in [1.807, 2.05) is 5.38 Å². The summed E-state index contributed by atoms with van der Waals surface area (Å²) in [5.74, 6) is 0. The summed E-state index contributed by atoms with van der Waals surface area (Å²) >= 11 is 1.42. The number of amides is 1. The van der Waals surface area contributed by atoms with E-state index in [1.54, 1.807) is 6.07 Å². The van der Waals surface area contributed by atoms with Gasteiger partial charge in [0, 0.05) is 10.4 Å². The largest absolute Gasteiger partial charge is 0.445 e. The molecule has 0 aliphatic heterocycles. The van der Waals surface area contributed by atoms with Crippen molar-refractivity contribution in [2.24, 2.45) is 5.73 Å². The van der Waals surface area contributed by atoms with Crippen molar-refractivity contribution in [2.75, 3.05) is 0 Å². The van der Waals surface area contributed by atoms with E-state index in [-0.39, 0.29) is 13.2 Å². The standard InChI is InChI=1S/C7H9NO3S/c8-7(10)11-3-5-1-6(2-9)12-4-5/h1,4,9H,2-3H2,(H2,8,10). The minimum atomic E-state index is -0.785. The quantitative estimate of drug-likeness (QED) is 0.736. The maximum Gasteiger partial charge on any atom is 0.404 e. The van der Waals surface area contributed by atoms with Crippen molar-refractivity contribution in [2.45, 2.75) is 13.2 Å². The van der Waals surface area contributed by atoms with Gasteiger partial charge in [-0.3, -0.25) is 0 Å². The van der Waals surface area contributed by atoms with Gasteiger partial charge in [0.15, 0.2) is 0 Å². The fourth-order valence-electron chi connectivity index (χ4n) is 0.739. The number of aliphatic hydroxyl groups excluding tert-OH is 1. The summed E-state index contributed by atoms with van der Waals surface area (Å²) in [6.07, 6.45) is -0.785. The predicted octanol–water partition coefficient (Wildman–Crippen LogP) is 0.836. The van der Waals surface area contributed by atoms with Crippen LogP contribution in [-0.2, 0) is 18.0 Å². The third-order valence-electron chi connectivity index (χ3n) is 1.24. The molecule has 1 heterocycles. The lowest BCUT2D eigenvalue weighted by Crippen LogP contribution is -2.12. The van der Waals surface area contributed by atoms with Crippen LogP contribution in [-0.4, -0.2) is 11.2 Å². The Hall–Kier alpha value is -1.07. The SMILES string of the molecule is NC(=O)OCc1csc(CO)c1. The number of aliphatic hydroxyl groups is 1. The first-order valence-corrected chi connectivity index (χ1v) is 4.19. The summed E-state index contributed by atoms with van der Waals surface area (Å²) in [5.41, 5.74) is 5.62. The molecular weight excluding hydrogens is 178 g/mol. The van der Waals surface area contributed by atoms with E-state index < -0.39 is 6.09 Å². The Morgan fingerprint density at radius 2 is 2.50 bits per heavy atom. The van der Waals surface area contributed by atoms with E-state index >= 15 is 0 Å². The van der Waals surface area contributed by atoms with Crippen molar-refractivity contribution in [1.29, 1.82) is 0 Å². The van der Waals surface area contributed by atoms with E-state index in [9.17, 15) is 4.79 Å². The Kier molecular flexibility index (Phi) is 3.07. The van der Waals surface area contributed by atoms with Crippen molar-refractivity contribution in [3.05, 3.63) is 21.9 Å². The number of ether oxygens (including phenoxy) is 1. The molecule has 1 aromatic heterocycles. The second kappa shape index (κ2) is 4.08. The van der Waals surface area contributed by atoms with Gasteiger partial charge in [-0.05, 0) is 11.4 Å². The average molecular weight is 187 g/mol. The zero-order chi connectivity index (χ0) is 8.97. The van der Waals surface area contributed by atoms with Gasteiger partial charge < -0.3 is 15.6 Å². The van der Waals surface area contributed by atoms with E-state index in [1.165, 1.54) is 11.3 Å². The van der Waals surface area contributed by atoms with Crippen LogP contribution in [0.1, 0.15) is 10.4 Å². The topological polar surface area (TPSA) is 72.6 Å². The minimum Gasteiger partial charge on any atom is -0.445 e. The molecule has 1 aromatic rings. The molecule has 0 atom stereocenters. The molecule has 0 radical (unpaired) electrons. The maximum atomic E-state index is 10.2. The van der Waals surface area contributed by atoms with Crippen molar-refractivity contribution in [3.8, 4) is 0 Å². The fraction of sp³-hybridized carbons (Fsp3) is 0.286. The van der Waals surface area contributed by atoms with Crippen LogP contribution in [0.2, 0.25) is 0 Å². The second-order valence-electron chi connectivity index (χ2n) is 2.19. The van der Waals surface area contributed by atoms with Gasteiger partial charge in [0.2, 0.25) is 0 Å². The first kappa shape index (κ1) is 9.02. The Labute approximate surface area is 73.6 Å². The van der Waals surface area contributed by atoms with Crippen molar-refractivity contribution < 1.29 is 14.6 Å². The lowest BCUT2D eigenvalue weighted by atomic mass is 10.3. The van der Waals surface area contributed by atoms with Gasteiger partial charge >= 0.3 is 6.09 Å². The second-order valence-corrected chi connectivity index (χ2v) is 3.18. The molecule has 12 heavy (non-hydrogen) atoms. The highest BCUT2D eigenvalue weighted by Gasteiger charge is 2.00. The van der Waals surface area contributed by atoms with Crippen molar-refractivity contribution >= 4 is 17.4 Å². The summed E-state index contributed by atoms with van der Waals surface area (Å²) in [6.45, 7) is 0.188. The van der Waals surface area contributed by atoms with Crippen LogP contribution in [0, 0.1) is 0 Å². The van der Waals surface area contributed by atoms with Crippen LogP contribution in [0.15, 0.2) is 11.4 Å². The fourth-order valence-corrected chi connectivity index (χ4v) is 1.47. The first-order chi connectivity index (χ1) is 5.72. The van der Waals surface area contributed by atoms with Crippen LogP contribution < -0.4 is 5.73 Å². The Morgan fingerprint density at radius 3 is 3.00 bits per heavy atom. The van der Waals surface area contributed by atoms with Gasteiger partial charge in [-0.25, -0.2) is 4.79 Å². The molecule has 1 rings (SSSR count). The van der Waals surface area contributed by atoms with Gasteiger partial charge in [-0.15, -0.1) is 11.3 Å². The number of rotatable bonds is 3. The Balaban J connectivity index is 2.47. The van der Waals surface area contributed by atoms with Crippen LogP contribution in [0.25, 0.3) is 0 Å². The maximum absolute atomic E-state index is 10.2. The van der Waals surface area contributed by atoms with E-state index in [0.29, 0.717) is 0 Å². The normalized spacial score (nSPS) is 9.75. The van der Waals surface area contributed by atoms with E-state index in [4.69, 9.17) is 10.8 Å². The third kappa shape index (κ3) is 2.52. The number of hydrogen-bond donors (Lipinski definition) is 2. The van der Waals surface area contributed by atoms with Crippen molar-refractivity contribution in [1.82, 2.24) is 0 Å². The van der Waals surface area contributed by atoms with Crippen molar-refractivity contribution in [3.63, 3.8) is 0 Å². The molecule has 4 nitrogen and oxygen atoms in total. The molecule has 0 aromatic carbocycles. The number of nitrogens with two attached hydrogens (primary N) is 1. The average Bonchev–Trinajstić information content (AvgIpc) is 2.48. The summed E-state index contributed by atoms with van der Waals surface area (Å²) < 4.78 is 4.55. The van der Waals surface area contributed by atoms with Crippen LogP contribution in [0.4, 0.5) is 4.79 Å². The number of primary amides is 1. The third-order valence-corrected chi connectivity index (χ3v) is 2.22. The molecule has 5 heteroatoms. The van der Waals surface area contributed by atoms with Crippen LogP contribution in [0.5, 0.6) is 0 Å². The van der Waals surface area contributed by atoms with Gasteiger partial charge in [0.1, 0.15) is 6.61 Å². The molecule has 0 spiro atoms. The molecular formula is C7H9NO3S. The zero-order valence-corrected chi connectivity index (χ0v) is 7.13. The lowest BCUT2D eigenvalue weighted by Gasteiger charge is -1.96. The summed E-state index contributed by atoms with van der Waals surface area (Å²) in [7, 11) is 0. The Morgan fingerprint density at radius 1 is 1.75 bits per heavy atom. The first-order valence-electron chi connectivity index (χ1n) is 3.31. The smallest absolute Gasteiger partial charge is 0.404 e. The van der Waals surface area contributed by atoms with E-state index in [0.717, 1.165) is 10.4 Å². The molecule has 66 valence electrons. The molecule has 0 fully saturated rings. The minimum absolute atomic E-state index is 0.0151. The summed E-state index contributed by atoms with van der Waals surface area (Å²) in [4.78, 5) is 11.0. The lowest BCUT2D eigenvalue weighted by molar-refractivity contribution is 0.150. The predicted molar refractivity (Wildman–Crippen MR) is 44.6 cm³/mol. The molecule has 0 bridgehead atoms. The van der Waals surface area contributed by atoms with E-state index in [2.05, 4.69) is 4.74 Å². The van der Waals surface area contributed by atoms with Crippen LogP contribution >= 0.6 is 11.3 Å².